The summed E-state index contributed by atoms with van der Waals surface area (Å²) in [4.78, 5) is 4.07. The molecule has 0 aliphatic heterocycles. The molecule has 0 unspecified atom stereocenters. The maximum Gasteiger partial charge on any atom is 0.262 e. The fourth-order valence-electron chi connectivity index (χ4n) is 1.95. The molecule has 0 aliphatic carbocycles. The highest BCUT2D eigenvalue weighted by Gasteiger charge is 2.27. The van der Waals surface area contributed by atoms with Crippen LogP contribution in [0.3, 0.4) is 0 Å². The normalized spacial score (nSPS) is 12.3. The Labute approximate surface area is 118 Å². The summed E-state index contributed by atoms with van der Waals surface area (Å²) >= 11 is 0. The molecule has 0 radical (unpaired) electrons. The molecule has 0 saturated carbocycles. The number of imidazole rings is 1. The first-order chi connectivity index (χ1) is 9.48. The van der Waals surface area contributed by atoms with Crippen molar-refractivity contribution in [3.05, 3.63) is 24.4 Å². The molecule has 0 atom stereocenters. The van der Waals surface area contributed by atoms with Crippen LogP contribution in [-0.2, 0) is 14.8 Å². The lowest BCUT2D eigenvalue weighted by Crippen LogP contribution is -2.30. The van der Waals surface area contributed by atoms with Crippen molar-refractivity contribution >= 4 is 21.5 Å². The summed E-state index contributed by atoms with van der Waals surface area (Å²) in [6.07, 6.45) is 2.25. The van der Waals surface area contributed by atoms with Gasteiger partial charge in [0.05, 0.1) is 0 Å². The van der Waals surface area contributed by atoms with Gasteiger partial charge in [-0.05, 0) is 18.6 Å². The SMILES string of the molecule is COCCCN(C)S(=O)(=O)c1c(N)nc2ccccn12. The molecule has 0 aliphatic rings. The van der Waals surface area contributed by atoms with Crippen molar-refractivity contribution in [2.75, 3.05) is 33.0 Å². The lowest BCUT2D eigenvalue weighted by atomic mass is 10.5. The predicted octanol–water partition coefficient (Wildman–Crippen LogP) is 0.573. The zero-order valence-corrected chi connectivity index (χ0v) is 12.3. The number of pyridine rings is 1. The van der Waals surface area contributed by atoms with Gasteiger partial charge in [-0.25, -0.2) is 13.4 Å². The molecule has 0 saturated heterocycles. The second-order valence-electron chi connectivity index (χ2n) is 4.40. The van der Waals surface area contributed by atoms with Crippen molar-refractivity contribution in [1.82, 2.24) is 13.7 Å². The van der Waals surface area contributed by atoms with Crippen LogP contribution in [0.5, 0.6) is 0 Å². The first-order valence-electron chi connectivity index (χ1n) is 6.16. The van der Waals surface area contributed by atoms with E-state index < -0.39 is 10.0 Å². The van der Waals surface area contributed by atoms with Gasteiger partial charge in [-0.1, -0.05) is 6.07 Å². The molecule has 7 nitrogen and oxygen atoms in total. The van der Waals surface area contributed by atoms with E-state index in [1.165, 1.54) is 15.8 Å². The molecular weight excluding hydrogens is 280 g/mol. The molecule has 0 amide bonds. The van der Waals surface area contributed by atoms with Crippen LogP contribution in [0.25, 0.3) is 5.65 Å². The number of ether oxygens (including phenoxy) is 1. The Bertz CT molecular complexity index is 696. The predicted molar refractivity (Wildman–Crippen MR) is 75.9 cm³/mol. The number of nitrogens with two attached hydrogens (primary N) is 1. The summed E-state index contributed by atoms with van der Waals surface area (Å²) in [5.41, 5.74) is 6.28. The summed E-state index contributed by atoms with van der Waals surface area (Å²) in [6, 6.07) is 5.22. The monoisotopic (exact) mass is 298 g/mol. The van der Waals surface area contributed by atoms with E-state index in [1.807, 2.05) is 0 Å². The number of methoxy groups -OCH3 is 1. The van der Waals surface area contributed by atoms with Gasteiger partial charge in [0.1, 0.15) is 5.65 Å². The van der Waals surface area contributed by atoms with Gasteiger partial charge >= 0.3 is 0 Å². The Hall–Kier alpha value is -1.64. The molecule has 2 N–H and O–H groups in total. The van der Waals surface area contributed by atoms with Crippen molar-refractivity contribution in [2.24, 2.45) is 0 Å². The van der Waals surface area contributed by atoms with Crippen molar-refractivity contribution in [3.8, 4) is 0 Å². The molecule has 2 aromatic rings. The first-order valence-corrected chi connectivity index (χ1v) is 7.60. The zero-order valence-electron chi connectivity index (χ0n) is 11.5. The van der Waals surface area contributed by atoms with Crippen LogP contribution in [0.2, 0.25) is 0 Å². The van der Waals surface area contributed by atoms with Gasteiger partial charge in [0.25, 0.3) is 10.0 Å². The number of aromatic nitrogens is 2. The molecule has 0 fully saturated rings. The highest BCUT2D eigenvalue weighted by Crippen LogP contribution is 2.22. The molecule has 2 heterocycles. The summed E-state index contributed by atoms with van der Waals surface area (Å²) in [7, 11) is -0.579. The highest BCUT2D eigenvalue weighted by atomic mass is 32.2. The number of sulfonamides is 1. The minimum atomic E-state index is -3.68. The van der Waals surface area contributed by atoms with Gasteiger partial charge in [0.15, 0.2) is 10.8 Å². The maximum absolute atomic E-state index is 12.6. The van der Waals surface area contributed by atoms with E-state index >= 15 is 0 Å². The average molecular weight is 298 g/mol. The lowest BCUT2D eigenvalue weighted by molar-refractivity contribution is 0.189. The fraction of sp³-hybridized carbons (Fsp3) is 0.417. The molecule has 0 bridgehead atoms. The topological polar surface area (TPSA) is 89.9 Å². The molecule has 110 valence electrons. The van der Waals surface area contributed by atoms with Crippen molar-refractivity contribution < 1.29 is 13.2 Å². The Morgan fingerprint density at radius 1 is 1.45 bits per heavy atom. The number of nitrogens with zero attached hydrogens (tertiary/aromatic N) is 3. The third kappa shape index (κ3) is 2.62. The van der Waals surface area contributed by atoms with Crippen LogP contribution in [0.4, 0.5) is 5.82 Å². The van der Waals surface area contributed by atoms with E-state index in [1.54, 1.807) is 31.5 Å². The van der Waals surface area contributed by atoms with Crippen molar-refractivity contribution in [1.29, 1.82) is 0 Å². The zero-order chi connectivity index (χ0) is 14.8. The molecule has 20 heavy (non-hydrogen) atoms. The molecular formula is C12H18N4O3S. The minimum absolute atomic E-state index is 0.00742. The van der Waals surface area contributed by atoms with Crippen LogP contribution >= 0.6 is 0 Å². The summed E-state index contributed by atoms with van der Waals surface area (Å²) < 4.78 is 32.8. The molecule has 2 aromatic heterocycles. The summed E-state index contributed by atoms with van der Waals surface area (Å²) in [5.74, 6) is 0.00907. The third-order valence-electron chi connectivity index (χ3n) is 2.99. The number of anilines is 1. The summed E-state index contributed by atoms with van der Waals surface area (Å²) in [5, 5.41) is 0.00742. The number of fused-ring (bicyclic) bond motifs is 1. The number of nitrogen functional groups attached to an aromatic ring is 1. The van der Waals surface area contributed by atoms with Crippen LogP contribution in [-0.4, -0.2) is 49.4 Å². The fourth-order valence-corrected chi connectivity index (χ4v) is 3.32. The quantitative estimate of drug-likeness (QED) is 0.788. The number of rotatable bonds is 6. The average Bonchev–Trinajstić information content (AvgIpc) is 2.75. The van der Waals surface area contributed by atoms with Crippen molar-refractivity contribution in [3.63, 3.8) is 0 Å². The molecule has 0 aromatic carbocycles. The van der Waals surface area contributed by atoms with Gasteiger partial charge in [0, 0.05) is 33.5 Å². The lowest BCUT2D eigenvalue weighted by Gasteiger charge is -2.16. The molecule has 0 spiro atoms. The van der Waals surface area contributed by atoms with Gasteiger partial charge in [0.2, 0.25) is 0 Å². The first kappa shape index (κ1) is 14.8. The molecule has 2 rings (SSSR count). The minimum Gasteiger partial charge on any atom is -0.385 e. The van der Waals surface area contributed by atoms with E-state index in [4.69, 9.17) is 10.5 Å². The highest BCUT2D eigenvalue weighted by molar-refractivity contribution is 7.89. The van der Waals surface area contributed by atoms with Crippen LogP contribution in [0, 0.1) is 0 Å². The Morgan fingerprint density at radius 3 is 2.90 bits per heavy atom. The van der Waals surface area contributed by atoms with E-state index in [2.05, 4.69) is 4.98 Å². The number of hydrogen-bond donors (Lipinski definition) is 1. The van der Waals surface area contributed by atoms with E-state index in [-0.39, 0.29) is 10.8 Å². The van der Waals surface area contributed by atoms with Crippen molar-refractivity contribution in [2.45, 2.75) is 11.4 Å². The third-order valence-corrected chi connectivity index (χ3v) is 4.89. The van der Waals surface area contributed by atoms with E-state index in [0.717, 1.165) is 0 Å². The van der Waals surface area contributed by atoms with Gasteiger partial charge < -0.3 is 10.5 Å². The van der Waals surface area contributed by atoms with Crippen LogP contribution in [0.15, 0.2) is 29.4 Å². The van der Waals surface area contributed by atoms with Gasteiger partial charge in [-0.3, -0.25) is 4.40 Å². The van der Waals surface area contributed by atoms with Gasteiger partial charge in [-0.15, -0.1) is 0 Å². The van der Waals surface area contributed by atoms with Gasteiger partial charge in [-0.2, -0.15) is 4.31 Å². The van der Waals surface area contributed by atoms with E-state index in [9.17, 15) is 8.42 Å². The number of hydrogen-bond acceptors (Lipinski definition) is 5. The smallest absolute Gasteiger partial charge is 0.262 e. The van der Waals surface area contributed by atoms with Crippen LogP contribution in [0.1, 0.15) is 6.42 Å². The second-order valence-corrected chi connectivity index (χ2v) is 6.36. The Morgan fingerprint density at radius 2 is 2.20 bits per heavy atom. The van der Waals surface area contributed by atoms with E-state index in [0.29, 0.717) is 25.2 Å². The summed E-state index contributed by atoms with van der Waals surface area (Å²) in [6.45, 7) is 0.859. The Kier molecular flexibility index (Phi) is 4.26. The molecule has 8 heteroatoms. The standard InChI is InChI=1S/C12H18N4O3S/c1-15(7-5-9-19-2)20(17,18)12-11(13)14-10-6-3-4-8-16(10)12/h3-4,6,8H,5,7,9,13H2,1-2H3. The maximum atomic E-state index is 12.6. The van der Waals surface area contributed by atoms with Crippen LogP contribution < -0.4 is 5.73 Å². The largest absolute Gasteiger partial charge is 0.385 e. The second kappa shape index (κ2) is 5.78. The Balaban J connectivity index is 2.39.